The first-order valence-electron chi connectivity index (χ1n) is 6.34. The lowest BCUT2D eigenvalue weighted by Crippen LogP contribution is -2.08. The first-order chi connectivity index (χ1) is 9.19. The van der Waals surface area contributed by atoms with Gasteiger partial charge in [-0.05, 0) is 19.8 Å². The SMILES string of the molecule is CCNc1cc([N+](=O)[O-])cc(SCC2CCCO2)n1. The zero-order chi connectivity index (χ0) is 13.7. The highest BCUT2D eigenvalue weighted by Crippen LogP contribution is 2.27. The Labute approximate surface area is 116 Å². The van der Waals surface area contributed by atoms with Crippen LogP contribution in [0.25, 0.3) is 0 Å². The van der Waals surface area contributed by atoms with Gasteiger partial charge in [0.2, 0.25) is 0 Å². The van der Waals surface area contributed by atoms with Crippen molar-refractivity contribution < 1.29 is 9.66 Å². The third-order valence-electron chi connectivity index (χ3n) is 2.80. The number of hydrogen-bond acceptors (Lipinski definition) is 6. The Kier molecular flexibility index (Phi) is 4.98. The molecule has 0 radical (unpaired) electrons. The van der Waals surface area contributed by atoms with Crippen LogP contribution in [0.4, 0.5) is 11.5 Å². The van der Waals surface area contributed by atoms with Crippen molar-refractivity contribution in [3.63, 3.8) is 0 Å². The number of ether oxygens (including phenoxy) is 1. The summed E-state index contributed by atoms with van der Waals surface area (Å²) in [6.45, 7) is 3.43. The molecule has 2 heterocycles. The van der Waals surface area contributed by atoms with Crippen LogP contribution in [-0.2, 0) is 4.74 Å². The third-order valence-corrected chi connectivity index (χ3v) is 3.84. The van der Waals surface area contributed by atoms with Crippen molar-refractivity contribution in [3.05, 3.63) is 22.2 Å². The van der Waals surface area contributed by atoms with Crippen molar-refractivity contribution in [2.75, 3.05) is 24.2 Å². The standard InChI is InChI=1S/C12H17N3O3S/c1-2-13-11-6-9(15(16)17)7-12(14-11)19-8-10-4-3-5-18-10/h6-7,10H,2-5,8H2,1H3,(H,13,14). The molecule has 1 fully saturated rings. The molecule has 1 atom stereocenters. The van der Waals surface area contributed by atoms with Gasteiger partial charge in [0.1, 0.15) is 10.8 Å². The fourth-order valence-corrected chi connectivity index (χ4v) is 2.88. The molecule has 0 aliphatic carbocycles. The van der Waals surface area contributed by atoms with Gasteiger partial charge in [-0.25, -0.2) is 4.98 Å². The number of aromatic nitrogens is 1. The molecule has 1 aromatic rings. The molecule has 0 amide bonds. The van der Waals surface area contributed by atoms with Crippen molar-refractivity contribution in [1.29, 1.82) is 0 Å². The smallest absolute Gasteiger partial charge is 0.275 e. The van der Waals surface area contributed by atoms with Crippen molar-refractivity contribution in [2.24, 2.45) is 0 Å². The van der Waals surface area contributed by atoms with Crippen LogP contribution < -0.4 is 5.32 Å². The summed E-state index contributed by atoms with van der Waals surface area (Å²) in [5.41, 5.74) is 0.0702. The van der Waals surface area contributed by atoms with Crippen molar-refractivity contribution in [2.45, 2.75) is 30.9 Å². The highest BCUT2D eigenvalue weighted by Gasteiger charge is 2.17. The molecule has 0 saturated carbocycles. The van der Waals surface area contributed by atoms with E-state index in [-0.39, 0.29) is 11.8 Å². The highest BCUT2D eigenvalue weighted by atomic mass is 32.2. The Bertz CT molecular complexity index is 450. The van der Waals surface area contributed by atoms with Gasteiger partial charge in [0.05, 0.1) is 17.1 Å². The van der Waals surface area contributed by atoms with Crippen molar-refractivity contribution >= 4 is 23.3 Å². The first kappa shape index (κ1) is 14.1. The van der Waals surface area contributed by atoms with Crippen LogP contribution in [0, 0.1) is 10.1 Å². The minimum absolute atomic E-state index is 0.0702. The van der Waals surface area contributed by atoms with Crippen LogP contribution in [0.2, 0.25) is 0 Å². The molecule has 1 aliphatic rings. The molecular weight excluding hydrogens is 266 g/mol. The lowest BCUT2D eigenvalue weighted by molar-refractivity contribution is -0.385. The molecule has 1 aliphatic heterocycles. The average molecular weight is 283 g/mol. The maximum atomic E-state index is 10.9. The number of nitrogens with one attached hydrogen (secondary N) is 1. The van der Waals surface area contributed by atoms with Crippen LogP contribution in [0.3, 0.4) is 0 Å². The van der Waals surface area contributed by atoms with Gasteiger partial charge < -0.3 is 10.1 Å². The van der Waals surface area contributed by atoms with E-state index in [1.54, 1.807) is 0 Å². The minimum atomic E-state index is -0.390. The normalized spacial score (nSPS) is 18.5. The highest BCUT2D eigenvalue weighted by molar-refractivity contribution is 7.99. The van der Waals surface area contributed by atoms with Crippen molar-refractivity contribution in [3.8, 4) is 0 Å². The lowest BCUT2D eigenvalue weighted by Gasteiger charge is -2.09. The molecule has 104 valence electrons. The molecule has 2 rings (SSSR count). The van der Waals surface area contributed by atoms with E-state index in [0.717, 1.165) is 25.2 Å². The Hall–Kier alpha value is -1.34. The van der Waals surface area contributed by atoms with E-state index < -0.39 is 4.92 Å². The molecule has 1 unspecified atom stereocenters. The van der Waals surface area contributed by atoms with Crippen LogP contribution in [-0.4, -0.2) is 34.9 Å². The molecule has 1 saturated heterocycles. The van der Waals surface area contributed by atoms with Crippen LogP contribution in [0.15, 0.2) is 17.2 Å². The summed E-state index contributed by atoms with van der Waals surface area (Å²) in [5, 5.41) is 14.6. The summed E-state index contributed by atoms with van der Waals surface area (Å²) >= 11 is 1.51. The number of anilines is 1. The maximum absolute atomic E-state index is 10.9. The number of thioether (sulfide) groups is 1. The maximum Gasteiger partial charge on any atom is 0.275 e. The molecule has 0 aromatic carbocycles. The fraction of sp³-hybridized carbons (Fsp3) is 0.583. The zero-order valence-corrected chi connectivity index (χ0v) is 11.6. The largest absolute Gasteiger partial charge is 0.377 e. The second kappa shape index (κ2) is 6.72. The van der Waals surface area contributed by atoms with E-state index >= 15 is 0 Å². The zero-order valence-electron chi connectivity index (χ0n) is 10.8. The summed E-state index contributed by atoms with van der Waals surface area (Å²) < 4.78 is 5.53. The van der Waals surface area contributed by atoms with Gasteiger partial charge in [0.25, 0.3) is 5.69 Å². The van der Waals surface area contributed by atoms with Crippen LogP contribution in [0.1, 0.15) is 19.8 Å². The van der Waals surface area contributed by atoms with Gasteiger partial charge in [-0.1, -0.05) is 0 Å². The minimum Gasteiger partial charge on any atom is -0.377 e. The number of nitrogens with zero attached hydrogens (tertiary/aromatic N) is 2. The molecule has 1 N–H and O–H groups in total. The van der Waals surface area contributed by atoms with Crippen LogP contribution >= 0.6 is 11.8 Å². The summed E-state index contributed by atoms with van der Waals surface area (Å²) in [4.78, 5) is 14.9. The third kappa shape index (κ3) is 4.07. The van der Waals surface area contributed by atoms with E-state index in [2.05, 4.69) is 10.3 Å². The Balaban J connectivity index is 2.06. The van der Waals surface area contributed by atoms with E-state index in [1.807, 2.05) is 6.92 Å². The van der Waals surface area contributed by atoms with Gasteiger partial charge in [-0.3, -0.25) is 10.1 Å². The molecule has 1 aromatic heterocycles. The molecule has 0 bridgehead atoms. The summed E-state index contributed by atoms with van der Waals surface area (Å²) in [6.07, 6.45) is 2.40. The van der Waals surface area contributed by atoms with E-state index in [1.165, 1.54) is 23.9 Å². The number of nitro groups is 1. The average Bonchev–Trinajstić information content (AvgIpc) is 2.89. The summed E-state index contributed by atoms with van der Waals surface area (Å²) in [5.74, 6) is 1.34. The number of pyridine rings is 1. The van der Waals surface area contributed by atoms with Gasteiger partial charge >= 0.3 is 0 Å². The molecule has 0 spiro atoms. The Morgan fingerprint density at radius 3 is 3.11 bits per heavy atom. The van der Waals surface area contributed by atoms with Gasteiger partial charge in [-0.15, -0.1) is 11.8 Å². The second-order valence-electron chi connectivity index (χ2n) is 4.28. The van der Waals surface area contributed by atoms with Crippen molar-refractivity contribution in [1.82, 2.24) is 4.98 Å². The van der Waals surface area contributed by atoms with E-state index in [9.17, 15) is 10.1 Å². The van der Waals surface area contributed by atoms with Gasteiger partial charge in [-0.2, -0.15) is 0 Å². The number of rotatable bonds is 6. The molecule has 7 heteroatoms. The van der Waals surface area contributed by atoms with E-state index in [0.29, 0.717) is 17.4 Å². The Morgan fingerprint density at radius 1 is 1.63 bits per heavy atom. The monoisotopic (exact) mass is 283 g/mol. The predicted molar refractivity (Wildman–Crippen MR) is 74.8 cm³/mol. The fourth-order valence-electron chi connectivity index (χ4n) is 1.90. The second-order valence-corrected chi connectivity index (χ2v) is 5.32. The lowest BCUT2D eigenvalue weighted by atomic mass is 10.3. The summed E-state index contributed by atoms with van der Waals surface area (Å²) in [6, 6.07) is 2.97. The van der Waals surface area contributed by atoms with E-state index in [4.69, 9.17) is 4.74 Å². The Morgan fingerprint density at radius 2 is 2.47 bits per heavy atom. The predicted octanol–water partition coefficient (Wildman–Crippen LogP) is 2.69. The summed E-state index contributed by atoms with van der Waals surface area (Å²) in [7, 11) is 0. The molecule has 19 heavy (non-hydrogen) atoms. The topological polar surface area (TPSA) is 77.3 Å². The first-order valence-corrected chi connectivity index (χ1v) is 7.32. The van der Waals surface area contributed by atoms with Gasteiger partial charge in [0.15, 0.2) is 0 Å². The van der Waals surface area contributed by atoms with Crippen LogP contribution in [0.5, 0.6) is 0 Å². The number of hydrogen-bond donors (Lipinski definition) is 1. The molecule has 6 nitrogen and oxygen atoms in total. The molecular formula is C12H17N3O3S. The van der Waals surface area contributed by atoms with Gasteiger partial charge in [0, 0.05) is 25.0 Å². The quantitative estimate of drug-likeness (QED) is 0.491.